The van der Waals surface area contributed by atoms with Crippen molar-refractivity contribution in [2.75, 3.05) is 0 Å². The molecular formula is C26H20ClFN6O. The molecule has 0 saturated heterocycles. The second-order valence-corrected chi connectivity index (χ2v) is 8.78. The van der Waals surface area contributed by atoms with Crippen LogP contribution in [-0.2, 0) is 20.1 Å². The molecule has 0 atom stereocenters. The van der Waals surface area contributed by atoms with Crippen molar-refractivity contribution in [3.63, 3.8) is 0 Å². The summed E-state index contributed by atoms with van der Waals surface area (Å²) in [5, 5.41) is 5.61. The number of para-hydroxylation sites is 2. The lowest BCUT2D eigenvalue weighted by Crippen LogP contribution is -2.00. The molecule has 7 nitrogen and oxygen atoms in total. The van der Waals surface area contributed by atoms with E-state index in [-0.39, 0.29) is 12.4 Å². The van der Waals surface area contributed by atoms with Crippen LogP contribution in [0.1, 0.15) is 17.0 Å². The highest BCUT2D eigenvalue weighted by atomic mass is 35.5. The number of imidazole rings is 1. The minimum atomic E-state index is -0.477. The molecule has 0 spiro atoms. The SMILES string of the molecule is Cn1cc(-c2cnc3[nH]cc(Cc4cc(F)c(OCc5nc6ccccc6[nH]5)cc4Cl)c3c2)cn1. The molecule has 0 unspecified atom stereocenters. The van der Waals surface area contributed by atoms with Crippen LogP contribution in [0.3, 0.4) is 0 Å². The van der Waals surface area contributed by atoms with Crippen molar-refractivity contribution >= 4 is 33.7 Å². The Morgan fingerprint density at radius 2 is 1.97 bits per heavy atom. The number of H-pyrrole nitrogens is 2. The lowest BCUT2D eigenvalue weighted by atomic mass is 10.0. The lowest BCUT2D eigenvalue weighted by molar-refractivity contribution is 0.282. The van der Waals surface area contributed by atoms with Gasteiger partial charge in [0.2, 0.25) is 0 Å². The fourth-order valence-electron chi connectivity index (χ4n) is 4.17. The summed E-state index contributed by atoms with van der Waals surface area (Å²) in [4.78, 5) is 15.3. The highest BCUT2D eigenvalue weighted by Crippen LogP contribution is 2.31. The molecule has 35 heavy (non-hydrogen) atoms. The van der Waals surface area contributed by atoms with Crippen LogP contribution in [0.2, 0.25) is 5.02 Å². The van der Waals surface area contributed by atoms with E-state index in [1.807, 2.05) is 43.7 Å². The molecule has 9 heteroatoms. The molecule has 2 N–H and O–H groups in total. The molecule has 6 aromatic rings. The second kappa shape index (κ2) is 8.56. The van der Waals surface area contributed by atoms with Gasteiger partial charge in [0.1, 0.15) is 18.1 Å². The minimum absolute atomic E-state index is 0.0821. The van der Waals surface area contributed by atoms with Gasteiger partial charge in [0.05, 0.1) is 17.2 Å². The summed E-state index contributed by atoms with van der Waals surface area (Å²) in [6, 6.07) is 12.7. The number of hydrogen-bond donors (Lipinski definition) is 2. The maximum absolute atomic E-state index is 14.9. The van der Waals surface area contributed by atoms with Gasteiger partial charge in [-0.1, -0.05) is 23.7 Å². The van der Waals surface area contributed by atoms with E-state index >= 15 is 0 Å². The lowest BCUT2D eigenvalue weighted by Gasteiger charge is -2.10. The number of aryl methyl sites for hydroxylation is 1. The monoisotopic (exact) mass is 486 g/mol. The average molecular weight is 487 g/mol. The van der Waals surface area contributed by atoms with Gasteiger partial charge >= 0.3 is 0 Å². The molecule has 6 rings (SSSR count). The van der Waals surface area contributed by atoms with Crippen LogP contribution >= 0.6 is 11.6 Å². The maximum Gasteiger partial charge on any atom is 0.165 e. The largest absolute Gasteiger partial charge is 0.483 e. The second-order valence-electron chi connectivity index (χ2n) is 8.38. The highest BCUT2D eigenvalue weighted by Gasteiger charge is 2.15. The third kappa shape index (κ3) is 4.13. The number of rotatable bonds is 6. The number of nitrogens with zero attached hydrogens (tertiary/aromatic N) is 4. The van der Waals surface area contributed by atoms with Gasteiger partial charge < -0.3 is 14.7 Å². The normalized spacial score (nSPS) is 11.5. The van der Waals surface area contributed by atoms with Crippen molar-refractivity contribution in [1.29, 1.82) is 0 Å². The topological polar surface area (TPSA) is 84.4 Å². The van der Waals surface area contributed by atoms with Crippen molar-refractivity contribution < 1.29 is 9.13 Å². The van der Waals surface area contributed by atoms with Crippen molar-refractivity contribution in [3.05, 3.63) is 95.0 Å². The molecule has 0 aliphatic carbocycles. The first-order chi connectivity index (χ1) is 17.0. The standard InChI is InChI=1S/C26H20ClFN6O/c1-34-13-18(12-31-34)16-7-19-17(11-30-26(19)29-10-16)6-15-8-21(28)24(9-20(15)27)35-14-25-32-22-4-2-3-5-23(22)33-25/h2-5,7-13H,6,14H2,1H3,(H,29,30)(H,32,33). The zero-order valence-electron chi connectivity index (χ0n) is 18.7. The van der Waals surface area contributed by atoms with E-state index < -0.39 is 5.82 Å². The van der Waals surface area contributed by atoms with Gasteiger partial charge in [0.15, 0.2) is 11.6 Å². The minimum Gasteiger partial charge on any atom is -0.483 e. The van der Waals surface area contributed by atoms with Crippen molar-refractivity contribution in [2.45, 2.75) is 13.0 Å². The zero-order chi connectivity index (χ0) is 23.9. The first kappa shape index (κ1) is 21.4. The first-order valence-corrected chi connectivity index (χ1v) is 11.4. The predicted octanol–water partition coefficient (Wildman–Crippen LogP) is 5.80. The Hall–Kier alpha value is -4.17. The Morgan fingerprint density at radius 1 is 1.09 bits per heavy atom. The van der Waals surface area contributed by atoms with Crippen LogP contribution in [0.25, 0.3) is 33.2 Å². The average Bonchev–Trinajstić information content (AvgIpc) is 3.58. The summed E-state index contributed by atoms with van der Waals surface area (Å²) in [7, 11) is 1.87. The van der Waals surface area contributed by atoms with Gasteiger partial charge in [-0.15, -0.1) is 0 Å². The molecule has 0 radical (unpaired) electrons. The van der Waals surface area contributed by atoms with E-state index in [4.69, 9.17) is 16.3 Å². The molecular weight excluding hydrogens is 467 g/mol. The fourth-order valence-corrected chi connectivity index (χ4v) is 4.39. The number of aromatic amines is 2. The Bertz CT molecular complexity index is 1650. The molecule has 0 amide bonds. The van der Waals surface area contributed by atoms with Gasteiger partial charge in [-0.2, -0.15) is 5.10 Å². The number of pyridine rings is 1. The number of fused-ring (bicyclic) bond motifs is 2. The van der Waals surface area contributed by atoms with Crippen LogP contribution in [0.5, 0.6) is 5.75 Å². The molecule has 4 heterocycles. The van der Waals surface area contributed by atoms with Gasteiger partial charge in [-0.25, -0.2) is 14.4 Å². The van der Waals surface area contributed by atoms with Crippen LogP contribution in [0, 0.1) is 5.82 Å². The number of nitrogens with one attached hydrogen (secondary N) is 2. The van der Waals surface area contributed by atoms with Crippen LogP contribution in [-0.4, -0.2) is 29.7 Å². The molecule has 0 bridgehead atoms. The Morgan fingerprint density at radius 3 is 2.80 bits per heavy atom. The summed E-state index contributed by atoms with van der Waals surface area (Å²) < 4.78 is 22.4. The first-order valence-electron chi connectivity index (χ1n) is 11.0. The van der Waals surface area contributed by atoms with Gasteiger partial charge in [0.25, 0.3) is 0 Å². The van der Waals surface area contributed by atoms with Gasteiger partial charge in [-0.3, -0.25) is 4.68 Å². The van der Waals surface area contributed by atoms with E-state index in [1.165, 1.54) is 12.1 Å². The Labute approximate surface area is 204 Å². The van der Waals surface area contributed by atoms with Crippen molar-refractivity contribution in [2.24, 2.45) is 7.05 Å². The predicted molar refractivity (Wildman–Crippen MR) is 133 cm³/mol. The summed E-state index contributed by atoms with van der Waals surface area (Å²) in [6.07, 6.45) is 7.86. The quantitative estimate of drug-likeness (QED) is 0.311. The van der Waals surface area contributed by atoms with Crippen LogP contribution in [0.15, 0.2) is 67.3 Å². The summed E-state index contributed by atoms with van der Waals surface area (Å²) in [6.45, 7) is 0.104. The molecule has 2 aromatic carbocycles. The molecule has 0 aliphatic heterocycles. The third-order valence-electron chi connectivity index (χ3n) is 5.94. The highest BCUT2D eigenvalue weighted by molar-refractivity contribution is 6.31. The van der Waals surface area contributed by atoms with E-state index in [9.17, 15) is 4.39 Å². The summed E-state index contributed by atoms with van der Waals surface area (Å²) in [5.74, 6) is 0.217. The Kier molecular flexibility index (Phi) is 5.22. The molecule has 174 valence electrons. The number of halogens is 2. The smallest absolute Gasteiger partial charge is 0.165 e. The van der Waals surface area contributed by atoms with E-state index in [0.717, 1.165) is 38.8 Å². The van der Waals surface area contributed by atoms with Gasteiger partial charge in [0, 0.05) is 59.7 Å². The molecule has 0 aliphatic rings. The van der Waals surface area contributed by atoms with Crippen LogP contribution in [0.4, 0.5) is 4.39 Å². The van der Waals surface area contributed by atoms with E-state index in [0.29, 0.717) is 22.8 Å². The number of ether oxygens (including phenoxy) is 1. The third-order valence-corrected chi connectivity index (χ3v) is 6.29. The fraction of sp³-hybridized carbons (Fsp3) is 0.115. The summed E-state index contributed by atoms with van der Waals surface area (Å²) in [5.41, 5.74) is 6.06. The number of hydrogen-bond acceptors (Lipinski definition) is 4. The summed E-state index contributed by atoms with van der Waals surface area (Å²) >= 11 is 6.54. The zero-order valence-corrected chi connectivity index (χ0v) is 19.5. The molecule has 4 aromatic heterocycles. The number of benzene rings is 2. The maximum atomic E-state index is 14.9. The van der Waals surface area contributed by atoms with E-state index in [2.05, 4.69) is 31.1 Å². The Balaban J connectivity index is 1.24. The molecule has 0 saturated carbocycles. The van der Waals surface area contributed by atoms with Gasteiger partial charge in [-0.05, 0) is 35.4 Å². The number of aromatic nitrogens is 6. The molecule has 0 fully saturated rings. The van der Waals surface area contributed by atoms with E-state index in [1.54, 1.807) is 17.1 Å². The van der Waals surface area contributed by atoms with Crippen LogP contribution < -0.4 is 4.74 Å². The van der Waals surface area contributed by atoms with Crippen molar-refractivity contribution in [1.82, 2.24) is 29.7 Å². The van der Waals surface area contributed by atoms with Crippen molar-refractivity contribution in [3.8, 4) is 16.9 Å².